The van der Waals surface area contributed by atoms with Crippen molar-refractivity contribution in [1.29, 1.82) is 0 Å². The van der Waals surface area contributed by atoms with Gasteiger partial charge in [-0.2, -0.15) is 0 Å². The van der Waals surface area contributed by atoms with Gasteiger partial charge in [0.2, 0.25) is 5.91 Å². The number of hydrogen-bond donors (Lipinski definition) is 0. The molecule has 1 aromatic carbocycles. The van der Waals surface area contributed by atoms with Crippen LogP contribution in [0.1, 0.15) is 49.4 Å². The van der Waals surface area contributed by atoms with Gasteiger partial charge < -0.3 is 9.47 Å². The van der Waals surface area contributed by atoms with Gasteiger partial charge in [-0.15, -0.1) is 0 Å². The normalized spacial score (nSPS) is 25.4. The van der Waals surface area contributed by atoms with E-state index >= 15 is 0 Å². The van der Waals surface area contributed by atoms with E-state index in [1.807, 2.05) is 18.5 Å². The van der Waals surface area contributed by atoms with Crippen LogP contribution in [0, 0.1) is 5.41 Å². The molecule has 2 aromatic rings. The molecule has 2 aliphatic heterocycles. The average molecular weight is 379 g/mol. The SMILES string of the molecule is Cn1ccnc1CN1CCC2(CC1)C[C@H](c1ccccc1)C(=O)N(C1CC1)C2. The van der Waals surface area contributed by atoms with E-state index in [2.05, 4.69) is 50.7 Å². The van der Waals surface area contributed by atoms with Crippen molar-refractivity contribution in [3.8, 4) is 0 Å². The van der Waals surface area contributed by atoms with Gasteiger partial charge in [-0.3, -0.25) is 9.69 Å². The fourth-order valence-electron chi connectivity index (χ4n) is 5.16. The molecule has 148 valence electrons. The Labute approximate surface area is 167 Å². The second-order valence-corrected chi connectivity index (χ2v) is 9.10. The molecular formula is C23H30N4O. The van der Waals surface area contributed by atoms with Crippen molar-refractivity contribution >= 4 is 5.91 Å². The molecule has 3 heterocycles. The molecule has 1 aliphatic carbocycles. The minimum absolute atomic E-state index is 0.0386. The highest BCUT2D eigenvalue weighted by molar-refractivity contribution is 5.85. The van der Waals surface area contributed by atoms with Gasteiger partial charge in [-0.1, -0.05) is 30.3 Å². The number of amides is 1. The molecule has 2 saturated heterocycles. The minimum atomic E-state index is 0.0386. The fourth-order valence-corrected chi connectivity index (χ4v) is 5.16. The molecule has 3 fully saturated rings. The summed E-state index contributed by atoms with van der Waals surface area (Å²) in [6.07, 6.45) is 9.64. The zero-order valence-electron chi connectivity index (χ0n) is 16.8. The number of aryl methyl sites for hydroxylation is 1. The second kappa shape index (κ2) is 7.03. The lowest BCUT2D eigenvalue weighted by Gasteiger charge is -2.50. The summed E-state index contributed by atoms with van der Waals surface area (Å²) in [5, 5.41) is 0. The monoisotopic (exact) mass is 378 g/mol. The van der Waals surface area contributed by atoms with Gasteiger partial charge in [0.25, 0.3) is 0 Å². The second-order valence-electron chi connectivity index (χ2n) is 9.10. The van der Waals surface area contributed by atoms with Gasteiger partial charge in [-0.05, 0) is 56.2 Å². The standard InChI is InChI=1S/C23H30N4O/c1-25-14-11-24-21(25)16-26-12-9-23(10-13-26)15-20(18-5-3-2-4-6-18)22(28)27(17-23)19-7-8-19/h2-6,11,14,19-20H,7-10,12-13,15-17H2,1H3/t20-/m1/s1. The quantitative estimate of drug-likeness (QED) is 0.821. The third kappa shape index (κ3) is 3.37. The Bertz CT molecular complexity index is 833. The van der Waals surface area contributed by atoms with E-state index in [0.29, 0.717) is 11.9 Å². The highest BCUT2D eigenvalue weighted by Crippen LogP contribution is 2.48. The van der Waals surface area contributed by atoms with E-state index in [0.717, 1.165) is 38.4 Å². The van der Waals surface area contributed by atoms with Crippen molar-refractivity contribution < 1.29 is 4.79 Å². The van der Waals surface area contributed by atoms with Crippen LogP contribution < -0.4 is 0 Å². The van der Waals surface area contributed by atoms with E-state index in [9.17, 15) is 4.79 Å². The maximum atomic E-state index is 13.3. The molecule has 5 rings (SSSR count). The molecule has 1 amide bonds. The molecule has 3 aliphatic rings. The summed E-state index contributed by atoms with van der Waals surface area (Å²) in [6.45, 7) is 4.09. The van der Waals surface area contributed by atoms with Crippen LogP contribution in [0.4, 0.5) is 0 Å². The van der Waals surface area contributed by atoms with Gasteiger partial charge in [0.15, 0.2) is 0 Å². The Morgan fingerprint density at radius 1 is 1.14 bits per heavy atom. The van der Waals surface area contributed by atoms with Gasteiger partial charge in [0, 0.05) is 32.0 Å². The highest BCUT2D eigenvalue weighted by Gasteiger charge is 2.49. The summed E-state index contributed by atoms with van der Waals surface area (Å²) in [6, 6.07) is 11.0. The molecule has 0 radical (unpaired) electrons. The number of rotatable bonds is 4. The molecule has 0 unspecified atom stereocenters. The first-order valence-corrected chi connectivity index (χ1v) is 10.7. The van der Waals surface area contributed by atoms with Crippen molar-refractivity contribution in [3.05, 3.63) is 54.1 Å². The van der Waals surface area contributed by atoms with Crippen LogP contribution >= 0.6 is 0 Å². The molecule has 1 saturated carbocycles. The van der Waals surface area contributed by atoms with Crippen LogP contribution in [0.2, 0.25) is 0 Å². The van der Waals surface area contributed by atoms with E-state index in [4.69, 9.17) is 0 Å². The fraction of sp³-hybridized carbons (Fsp3) is 0.565. The highest BCUT2D eigenvalue weighted by atomic mass is 16.2. The van der Waals surface area contributed by atoms with E-state index in [1.54, 1.807) is 0 Å². The minimum Gasteiger partial charge on any atom is -0.339 e. The molecule has 28 heavy (non-hydrogen) atoms. The van der Waals surface area contributed by atoms with Gasteiger partial charge >= 0.3 is 0 Å². The molecular weight excluding hydrogens is 348 g/mol. The summed E-state index contributed by atoms with van der Waals surface area (Å²) in [5.41, 5.74) is 1.47. The number of carbonyl (C=O) groups is 1. The van der Waals surface area contributed by atoms with Crippen LogP contribution in [0.5, 0.6) is 0 Å². The van der Waals surface area contributed by atoms with Crippen LogP contribution in [0.3, 0.4) is 0 Å². The summed E-state index contributed by atoms with van der Waals surface area (Å²) in [5.74, 6) is 1.54. The number of carbonyl (C=O) groups excluding carboxylic acids is 1. The first-order chi connectivity index (χ1) is 13.6. The van der Waals surface area contributed by atoms with Crippen molar-refractivity contribution in [2.24, 2.45) is 12.5 Å². The number of likely N-dealkylation sites (tertiary alicyclic amines) is 2. The predicted octanol–water partition coefficient (Wildman–Crippen LogP) is 3.18. The van der Waals surface area contributed by atoms with Gasteiger partial charge in [-0.25, -0.2) is 4.98 Å². The summed E-state index contributed by atoms with van der Waals surface area (Å²) in [7, 11) is 2.07. The lowest BCUT2D eigenvalue weighted by molar-refractivity contribution is -0.142. The first kappa shape index (κ1) is 17.9. The van der Waals surface area contributed by atoms with Crippen molar-refractivity contribution in [2.75, 3.05) is 19.6 Å². The smallest absolute Gasteiger partial charge is 0.230 e. The third-order valence-corrected chi connectivity index (χ3v) is 7.12. The predicted molar refractivity (Wildman–Crippen MR) is 109 cm³/mol. The number of piperidine rings is 2. The largest absolute Gasteiger partial charge is 0.339 e. The molecule has 1 atom stereocenters. The Balaban J connectivity index is 1.33. The zero-order valence-corrected chi connectivity index (χ0v) is 16.8. The molecule has 0 N–H and O–H groups in total. The van der Waals surface area contributed by atoms with Crippen LogP contribution in [-0.2, 0) is 18.4 Å². The maximum Gasteiger partial charge on any atom is 0.230 e. The molecule has 1 spiro atoms. The molecule has 0 bridgehead atoms. The Kier molecular flexibility index (Phi) is 4.50. The van der Waals surface area contributed by atoms with Gasteiger partial charge in [0.05, 0.1) is 12.5 Å². The first-order valence-electron chi connectivity index (χ1n) is 10.7. The van der Waals surface area contributed by atoms with E-state index in [1.165, 1.54) is 31.2 Å². The average Bonchev–Trinajstić information content (AvgIpc) is 3.49. The van der Waals surface area contributed by atoms with E-state index < -0.39 is 0 Å². The number of nitrogens with zero attached hydrogens (tertiary/aromatic N) is 4. The molecule has 5 heteroatoms. The zero-order chi connectivity index (χ0) is 19.1. The van der Waals surface area contributed by atoms with Gasteiger partial charge in [0.1, 0.15) is 5.82 Å². The Morgan fingerprint density at radius 2 is 1.89 bits per heavy atom. The molecule has 5 nitrogen and oxygen atoms in total. The lowest BCUT2D eigenvalue weighted by Crippen LogP contribution is -2.54. The third-order valence-electron chi connectivity index (χ3n) is 7.12. The van der Waals surface area contributed by atoms with Crippen LogP contribution in [0.15, 0.2) is 42.7 Å². The maximum absolute atomic E-state index is 13.3. The number of imidazole rings is 1. The Hall–Kier alpha value is -2.14. The van der Waals surface area contributed by atoms with Crippen molar-refractivity contribution in [3.63, 3.8) is 0 Å². The summed E-state index contributed by atoms with van der Waals surface area (Å²) >= 11 is 0. The van der Waals surface area contributed by atoms with Crippen molar-refractivity contribution in [1.82, 2.24) is 19.4 Å². The number of hydrogen-bond acceptors (Lipinski definition) is 3. The number of aromatic nitrogens is 2. The summed E-state index contributed by atoms with van der Waals surface area (Å²) in [4.78, 5) is 22.5. The lowest BCUT2D eigenvalue weighted by atomic mass is 9.67. The number of benzene rings is 1. The van der Waals surface area contributed by atoms with E-state index in [-0.39, 0.29) is 11.3 Å². The summed E-state index contributed by atoms with van der Waals surface area (Å²) < 4.78 is 2.11. The topological polar surface area (TPSA) is 41.4 Å². The van der Waals surface area contributed by atoms with Crippen LogP contribution in [0.25, 0.3) is 0 Å². The van der Waals surface area contributed by atoms with Crippen molar-refractivity contribution in [2.45, 2.75) is 50.6 Å². The van der Waals surface area contributed by atoms with Crippen LogP contribution in [-0.4, -0.2) is 50.9 Å². The molecule has 1 aromatic heterocycles. The Morgan fingerprint density at radius 3 is 2.54 bits per heavy atom.